The highest BCUT2D eigenvalue weighted by Crippen LogP contribution is 2.42. The standard InChI is InChI=1S/C21H25N3O2/c1-26-19-4-2-3-17(13-19)15-24-16-21(14-20(24)25)7-11-23(12-8-21)18-5-9-22-10-6-18/h2-6,9-10,13H,7-8,11-12,14-16H2,1H3. The van der Waals surface area contributed by atoms with Gasteiger partial charge in [-0.1, -0.05) is 12.1 Å². The Hall–Kier alpha value is -2.56. The number of hydrogen-bond donors (Lipinski definition) is 0. The highest BCUT2D eigenvalue weighted by atomic mass is 16.5. The molecule has 0 atom stereocenters. The monoisotopic (exact) mass is 351 g/mol. The van der Waals surface area contributed by atoms with Crippen LogP contribution in [0, 0.1) is 5.41 Å². The molecule has 3 heterocycles. The van der Waals surface area contributed by atoms with Crippen LogP contribution in [-0.2, 0) is 11.3 Å². The minimum atomic E-state index is 0.138. The molecule has 136 valence electrons. The molecule has 2 fully saturated rings. The Morgan fingerprint density at radius 1 is 1.15 bits per heavy atom. The smallest absolute Gasteiger partial charge is 0.223 e. The van der Waals surface area contributed by atoms with Crippen molar-refractivity contribution in [2.45, 2.75) is 25.8 Å². The Morgan fingerprint density at radius 3 is 2.65 bits per heavy atom. The van der Waals surface area contributed by atoms with Crippen LogP contribution in [0.2, 0.25) is 0 Å². The molecule has 0 aliphatic carbocycles. The van der Waals surface area contributed by atoms with Gasteiger partial charge in [-0.3, -0.25) is 9.78 Å². The lowest BCUT2D eigenvalue weighted by atomic mass is 9.77. The molecule has 1 spiro atoms. The number of methoxy groups -OCH3 is 1. The van der Waals surface area contributed by atoms with E-state index in [2.05, 4.69) is 28.1 Å². The summed E-state index contributed by atoms with van der Waals surface area (Å²) in [7, 11) is 1.67. The highest BCUT2D eigenvalue weighted by Gasteiger charge is 2.44. The summed E-state index contributed by atoms with van der Waals surface area (Å²) >= 11 is 0. The average Bonchev–Trinajstić information content (AvgIpc) is 2.98. The molecule has 0 unspecified atom stereocenters. The number of hydrogen-bond acceptors (Lipinski definition) is 4. The van der Waals surface area contributed by atoms with Gasteiger partial charge in [0.2, 0.25) is 5.91 Å². The van der Waals surface area contributed by atoms with Gasteiger partial charge < -0.3 is 14.5 Å². The summed E-state index contributed by atoms with van der Waals surface area (Å²) in [6.45, 7) is 3.55. The van der Waals surface area contributed by atoms with E-state index in [1.807, 2.05) is 35.5 Å². The summed E-state index contributed by atoms with van der Waals surface area (Å²) in [6, 6.07) is 12.1. The van der Waals surface area contributed by atoms with Gasteiger partial charge in [0.15, 0.2) is 0 Å². The van der Waals surface area contributed by atoms with E-state index < -0.39 is 0 Å². The number of ether oxygens (including phenoxy) is 1. The maximum Gasteiger partial charge on any atom is 0.223 e. The maximum atomic E-state index is 12.6. The fraction of sp³-hybridized carbons (Fsp3) is 0.429. The fourth-order valence-electron chi connectivity index (χ4n) is 4.25. The molecule has 1 aromatic heterocycles. The van der Waals surface area contributed by atoms with Gasteiger partial charge in [-0.25, -0.2) is 0 Å². The Balaban J connectivity index is 1.40. The van der Waals surface area contributed by atoms with Crippen LogP contribution in [0.5, 0.6) is 5.75 Å². The molecule has 1 aromatic carbocycles. The third-order valence-corrected chi connectivity index (χ3v) is 5.76. The summed E-state index contributed by atoms with van der Waals surface area (Å²) in [4.78, 5) is 21.2. The lowest BCUT2D eigenvalue weighted by Crippen LogP contribution is -2.41. The highest BCUT2D eigenvalue weighted by molar-refractivity contribution is 5.79. The van der Waals surface area contributed by atoms with E-state index in [0.717, 1.165) is 43.8 Å². The lowest BCUT2D eigenvalue weighted by molar-refractivity contribution is -0.128. The van der Waals surface area contributed by atoms with E-state index >= 15 is 0 Å². The van der Waals surface area contributed by atoms with Crippen molar-refractivity contribution < 1.29 is 9.53 Å². The predicted octanol–water partition coefficient (Wildman–Crippen LogP) is 3.11. The van der Waals surface area contributed by atoms with E-state index in [4.69, 9.17) is 4.74 Å². The number of rotatable bonds is 4. The topological polar surface area (TPSA) is 45.7 Å². The molecule has 4 rings (SSSR count). The van der Waals surface area contributed by atoms with Crippen molar-refractivity contribution in [3.8, 4) is 5.75 Å². The predicted molar refractivity (Wildman–Crippen MR) is 101 cm³/mol. The van der Waals surface area contributed by atoms with Crippen molar-refractivity contribution in [3.05, 3.63) is 54.4 Å². The minimum absolute atomic E-state index is 0.138. The number of likely N-dealkylation sites (tertiary alicyclic amines) is 1. The molecule has 2 aliphatic heterocycles. The van der Waals surface area contributed by atoms with E-state index in [-0.39, 0.29) is 11.3 Å². The van der Waals surface area contributed by atoms with Crippen LogP contribution in [0.25, 0.3) is 0 Å². The van der Waals surface area contributed by atoms with Gasteiger partial charge in [-0.2, -0.15) is 0 Å². The molecule has 26 heavy (non-hydrogen) atoms. The fourth-order valence-corrected chi connectivity index (χ4v) is 4.25. The summed E-state index contributed by atoms with van der Waals surface area (Å²) < 4.78 is 5.30. The van der Waals surface area contributed by atoms with Gasteiger partial charge in [0.25, 0.3) is 0 Å². The maximum absolute atomic E-state index is 12.6. The van der Waals surface area contributed by atoms with Crippen molar-refractivity contribution in [1.29, 1.82) is 0 Å². The summed E-state index contributed by atoms with van der Waals surface area (Å²) in [5.41, 5.74) is 2.50. The molecule has 2 aliphatic rings. The van der Waals surface area contributed by atoms with Crippen LogP contribution in [-0.4, -0.2) is 42.5 Å². The zero-order valence-corrected chi connectivity index (χ0v) is 15.2. The number of pyridine rings is 1. The third-order valence-electron chi connectivity index (χ3n) is 5.76. The number of carbonyl (C=O) groups is 1. The molecule has 0 bridgehead atoms. The minimum Gasteiger partial charge on any atom is -0.497 e. The van der Waals surface area contributed by atoms with E-state index in [1.165, 1.54) is 5.69 Å². The molecule has 2 saturated heterocycles. The second-order valence-electron chi connectivity index (χ2n) is 7.47. The number of carbonyl (C=O) groups excluding carboxylic acids is 1. The van der Waals surface area contributed by atoms with Crippen LogP contribution in [0.15, 0.2) is 48.8 Å². The number of aromatic nitrogens is 1. The Bertz CT molecular complexity index is 770. The lowest BCUT2D eigenvalue weighted by Gasteiger charge is -2.39. The first kappa shape index (κ1) is 16.9. The van der Waals surface area contributed by atoms with Gasteiger partial charge in [-0.05, 0) is 42.7 Å². The van der Waals surface area contributed by atoms with E-state index in [0.29, 0.717) is 13.0 Å². The Labute approximate surface area is 154 Å². The first-order valence-corrected chi connectivity index (χ1v) is 9.23. The van der Waals surface area contributed by atoms with Crippen LogP contribution in [0.3, 0.4) is 0 Å². The van der Waals surface area contributed by atoms with Gasteiger partial charge in [0.05, 0.1) is 7.11 Å². The summed E-state index contributed by atoms with van der Waals surface area (Å²) in [5, 5.41) is 0. The number of piperidine rings is 1. The van der Waals surface area contributed by atoms with Gasteiger partial charge in [-0.15, -0.1) is 0 Å². The van der Waals surface area contributed by atoms with Crippen LogP contribution in [0.4, 0.5) is 5.69 Å². The number of nitrogens with zero attached hydrogens (tertiary/aromatic N) is 3. The largest absolute Gasteiger partial charge is 0.497 e. The molecular weight excluding hydrogens is 326 g/mol. The first-order valence-electron chi connectivity index (χ1n) is 9.23. The summed E-state index contributed by atoms with van der Waals surface area (Å²) in [6.07, 6.45) is 6.50. The van der Waals surface area contributed by atoms with Crippen LogP contribution < -0.4 is 9.64 Å². The van der Waals surface area contributed by atoms with Crippen molar-refractivity contribution >= 4 is 11.6 Å². The van der Waals surface area contributed by atoms with Gasteiger partial charge in [0, 0.05) is 56.1 Å². The van der Waals surface area contributed by atoms with E-state index in [1.54, 1.807) is 7.11 Å². The molecular formula is C21H25N3O2. The van der Waals surface area contributed by atoms with E-state index in [9.17, 15) is 4.79 Å². The van der Waals surface area contributed by atoms with Crippen molar-refractivity contribution in [3.63, 3.8) is 0 Å². The van der Waals surface area contributed by atoms with Crippen molar-refractivity contribution in [2.24, 2.45) is 5.41 Å². The molecule has 0 saturated carbocycles. The second-order valence-corrected chi connectivity index (χ2v) is 7.47. The zero-order chi connectivity index (χ0) is 18.0. The van der Waals surface area contributed by atoms with Crippen LogP contribution >= 0.6 is 0 Å². The third kappa shape index (κ3) is 3.39. The number of benzene rings is 1. The molecule has 5 heteroatoms. The molecule has 1 amide bonds. The van der Waals surface area contributed by atoms with Crippen molar-refractivity contribution in [2.75, 3.05) is 31.6 Å². The quantitative estimate of drug-likeness (QED) is 0.849. The normalized spacial score (nSPS) is 19.2. The SMILES string of the molecule is COc1cccc(CN2CC3(CCN(c4ccncc4)CC3)CC2=O)c1. The number of amides is 1. The van der Waals surface area contributed by atoms with Gasteiger partial charge >= 0.3 is 0 Å². The molecule has 2 aromatic rings. The number of anilines is 1. The Kier molecular flexibility index (Phi) is 4.53. The zero-order valence-electron chi connectivity index (χ0n) is 15.2. The second kappa shape index (κ2) is 6.98. The molecule has 0 N–H and O–H groups in total. The first-order chi connectivity index (χ1) is 12.7. The van der Waals surface area contributed by atoms with Crippen LogP contribution in [0.1, 0.15) is 24.8 Å². The average molecular weight is 351 g/mol. The van der Waals surface area contributed by atoms with Crippen molar-refractivity contribution in [1.82, 2.24) is 9.88 Å². The Morgan fingerprint density at radius 2 is 1.92 bits per heavy atom. The summed E-state index contributed by atoms with van der Waals surface area (Å²) in [5.74, 6) is 1.12. The van der Waals surface area contributed by atoms with Gasteiger partial charge in [0.1, 0.15) is 5.75 Å². The molecule has 5 nitrogen and oxygen atoms in total. The molecule has 0 radical (unpaired) electrons.